The minimum Gasteiger partial charge on any atom is -0.103 e. The maximum absolute atomic E-state index is 3.59. The van der Waals surface area contributed by atoms with E-state index in [0.29, 0.717) is 3.74 Å². The molecule has 0 aliphatic carbocycles. The van der Waals surface area contributed by atoms with Crippen LogP contribution in [0.4, 0.5) is 0 Å². The Kier molecular flexibility index (Phi) is 5.33. The van der Waals surface area contributed by atoms with E-state index in [9.17, 15) is 0 Å². The molecule has 0 aliphatic rings. The Balaban J connectivity index is 2.81. The topological polar surface area (TPSA) is 0 Å². The fraction of sp³-hybridized carbons (Fsp3) is 0.600. The fourth-order valence-electron chi connectivity index (χ4n) is 0.244. The van der Waals surface area contributed by atoms with Gasteiger partial charge in [0, 0.05) is 0 Å². The van der Waals surface area contributed by atoms with Gasteiger partial charge in [0.25, 0.3) is 0 Å². The van der Waals surface area contributed by atoms with Gasteiger partial charge in [0.05, 0.1) is 3.74 Å². The van der Waals surface area contributed by atoms with Crippen molar-refractivity contribution in [2.75, 3.05) is 0 Å². The molecule has 0 rings (SSSR count). The molecule has 0 radical (unpaired) electrons. The van der Waals surface area contributed by atoms with Crippen molar-refractivity contribution in [1.29, 1.82) is 0 Å². The van der Waals surface area contributed by atoms with Gasteiger partial charge in [-0.05, 0) is 12.8 Å². The van der Waals surface area contributed by atoms with Crippen LogP contribution in [0.2, 0.25) is 0 Å². The lowest BCUT2D eigenvalue weighted by atomic mass is 10.3. The smallest absolute Gasteiger partial charge is 0.0700 e. The average molecular weight is 228 g/mol. The van der Waals surface area contributed by atoms with Crippen LogP contribution in [0.1, 0.15) is 12.8 Å². The summed E-state index contributed by atoms with van der Waals surface area (Å²) in [6.07, 6.45) is 4.10. The highest BCUT2D eigenvalue weighted by atomic mass is 79.9. The van der Waals surface area contributed by atoms with Crippen LogP contribution < -0.4 is 0 Å². The first-order valence-corrected chi connectivity index (χ1v) is 3.99. The Morgan fingerprint density at radius 3 is 2.29 bits per heavy atom. The zero-order chi connectivity index (χ0) is 5.70. The second-order valence-corrected chi connectivity index (χ2v) is 4.70. The standard InChI is InChI=1S/C5H8Br2/c1-2-3-4-5(6)7/h2,5H,1,3-4H2. The molecule has 7 heavy (non-hydrogen) atoms. The van der Waals surface area contributed by atoms with Gasteiger partial charge in [0.15, 0.2) is 0 Å². The van der Waals surface area contributed by atoms with Crippen LogP contribution in [-0.4, -0.2) is 3.74 Å². The van der Waals surface area contributed by atoms with Crippen molar-refractivity contribution in [3.8, 4) is 0 Å². The second kappa shape index (κ2) is 4.85. The van der Waals surface area contributed by atoms with E-state index in [1.54, 1.807) is 0 Å². The summed E-state index contributed by atoms with van der Waals surface area (Å²) in [4.78, 5) is 0. The molecule has 0 spiro atoms. The molecule has 0 amide bonds. The first-order valence-electron chi connectivity index (χ1n) is 2.16. The monoisotopic (exact) mass is 226 g/mol. The van der Waals surface area contributed by atoms with Crippen LogP contribution in [0.3, 0.4) is 0 Å². The number of hydrogen-bond acceptors (Lipinski definition) is 0. The van der Waals surface area contributed by atoms with E-state index in [1.165, 1.54) is 0 Å². The van der Waals surface area contributed by atoms with Crippen LogP contribution >= 0.6 is 31.9 Å². The normalized spacial score (nSPS) is 9.57. The minimum absolute atomic E-state index is 0.456. The lowest BCUT2D eigenvalue weighted by Crippen LogP contribution is -1.80. The summed E-state index contributed by atoms with van der Waals surface area (Å²) in [7, 11) is 0. The average Bonchev–Trinajstić information content (AvgIpc) is 1.61. The highest BCUT2D eigenvalue weighted by Crippen LogP contribution is 2.14. The molecule has 0 saturated carbocycles. The van der Waals surface area contributed by atoms with E-state index in [4.69, 9.17) is 0 Å². The molecule has 0 saturated heterocycles. The van der Waals surface area contributed by atoms with Crippen molar-refractivity contribution < 1.29 is 0 Å². The molecule has 0 aliphatic heterocycles. The van der Waals surface area contributed by atoms with Gasteiger partial charge in [0.2, 0.25) is 0 Å². The van der Waals surface area contributed by atoms with Crippen LogP contribution in [0.15, 0.2) is 12.7 Å². The summed E-state index contributed by atoms with van der Waals surface area (Å²) in [5.74, 6) is 0. The molecular formula is C5H8Br2. The van der Waals surface area contributed by atoms with Crippen molar-refractivity contribution in [3.63, 3.8) is 0 Å². The van der Waals surface area contributed by atoms with Crippen molar-refractivity contribution in [3.05, 3.63) is 12.7 Å². The molecule has 2 heteroatoms. The van der Waals surface area contributed by atoms with E-state index < -0.39 is 0 Å². The first-order chi connectivity index (χ1) is 3.27. The van der Waals surface area contributed by atoms with Gasteiger partial charge in [-0.3, -0.25) is 0 Å². The predicted octanol–water partition coefficient (Wildman–Crippen LogP) is 3.07. The van der Waals surface area contributed by atoms with Gasteiger partial charge in [-0.2, -0.15) is 0 Å². The highest BCUT2D eigenvalue weighted by Gasteiger charge is 1.91. The van der Waals surface area contributed by atoms with Gasteiger partial charge in [-0.25, -0.2) is 0 Å². The molecule has 0 heterocycles. The molecule has 0 N–H and O–H groups in total. The highest BCUT2D eigenvalue weighted by molar-refractivity contribution is 9.24. The second-order valence-electron chi connectivity index (χ2n) is 1.26. The third kappa shape index (κ3) is 6.70. The van der Waals surface area contributed by atoms with Crippen LogP contribution in [0.25, 0.3) is 0 Å². The lowest BCUT2D eigenvalue weighted by molar-refractivity contribution is 0.957. The third-order valence-corrected chi connectivity index (χ3v) is 1.50. The van der Waals surface area contributed by atoms with Crippen molar-refractivity contribution in [1.82, 2.24) is 0 Å². The Morgan fingerprint density at radius 2 is 2.14 bits per heavy atom. The summed E-state index contributed by atoms with van der Waals surface area (Å²) in [5, 5.41) is 0. The Hall–Kier alpha value is 0.700. The maximum Gasteiger partial charge on any atom is 0.0700 e. The zero-order valence-corrected chi connectivity index (χ0v) is 7.20. The molecular weight excluding hydrogens is 220 g/mol. The number of rotatable bonds is 3. The molecule has 0 bridgehead atoms. The van der Waals surface area contributed by atoms with E-state index in [2.05, 4.69) is 38.4 Å². The minimum atomic E-state index is 0.456. The number of hydrogen-bond donors (Lipinski definition) is 0. The van der Waals surface area contributed by atoms with Crippen LogP contribution in [0.5, 0.6) is 0 Å². The Labute approximate surface area is 61.2 Å². The molecule has 0 aromatic rings. The predicted molar refractivity (Wildman–Crippen MR) is 41.1 cm³/mol. The molecule has 0 unspecified atom stereocenters. The molecule has 0 aromatic heterocycles. The quantitative estimate of drug-likeness (QED) is 0.514. The molecule has 42 valence electrons. The lowest BCUT2D eigenvalue weighted by Gasteiger charge is -1.92. The first kappa shape index (κ1) is 7.70. The molecule has 0 nitrogen and oxygen atoms in total. The van der Waals surface area contributed by atoms with Crippen LogP contribution in [-0.2, 0) is 0 Å². The fourth-order valence-corrected chi connectivity index (χ4v) is 0.773. The van der Waals surface area contributed by atoms with Gasteiger partial charge in [-0.15, -0.1) is 6.58 Å². The van der Waals surface area contributed by atoms with Gasteiger partial charge >= 0.3 is 0 Å². The third-order valence-electron chi connectivity index (χ3n) is 0.589. The number of alkyl halides is 2. The maximum atomic E-state index is 3.59. The van der Waals surface area contributed by atoms with E-state index in [1.807, 2.05) is 6.08 Å². The zero-order valence-electron chi connectivity index (χ0n) is 4.03. The van der Waals surface area contributed by atoms with E-state index in [-0.39, 0.29) is 0 Å². The van der Waals surface area contributed by atoms with E-state index >= 15 is 0 Å². The Bertz CT molecular complexity index is 50.0. The van der Waals surface area contributed by atoms with Gasteiger partial charge < -0.3 is 0 Å². The van der Waals surface area contributed by atoms with Crippen molar-refractivity contribution in [2.45, 2.75) is 16.6 Å². The summed E-state index contributed by atoms with van der Waals surface area (Å²) in [5.41, 5.74) is 0. The number of allylic oxidation sites excluding steroid dienone is 1. The number of halogens is 2. The van der Waals surface area contributed by atoms with Crippen LogP contribution in [0, 0.1) is 0 Å². The summed E-state index contributed by atoms with van der Waals surface area (Å²) < 4.78 is 0.456. The van der Waals surface area contributed by atoms with E-state index in [0.717, 1.165) is 12.8 Å². The molecule has 0 aromatic carbocycles. The summed E-state index contributed by atoms with van der Waals surface area (Å²) in [6, 6.07) is 0. The molecule has 0 fully saturated rings. The summed E-state index contributed by atoms with van der Waals surface area (Å²) >= 11 is 6.69. The van der Waals surface area contributed by atoms with Crippen molar-refractivity contribution in [2.24, 2.45) is 0 Å². The largest absolute Gasteiger partial charge is 0.103 e. The molecule has 0 atom stereocenters. The van der Waals surface area contributed by atoms with Gasteiger partial charge in [0.1, 0.15) is 0 Å². The van der Waals surface area contributed by atoms with Crippen molar-refractivity contribution >= 4 is 31.9 Å². The van der Waals surface area contributed by atoms with Gasteiger partial charge in [-0.1, -0.05) is 37.9 Å². The Morgan fingerprint density at radius 1 is 1.57 bits per heavy atom. The summed E-state index contributed by atoms with van der Waals surface area (Å²) in [6.45, 7) is 3.59. The SMILES string of the molecule is C=CCCC(Br)Br.